The lowest BCUT2D eigenvalue weighted by atomic mass is 9.94. The summed E-state index contributed by atoms with van der Waals surface area (Å²) in [5, 5.41) is 6.15. The van der Waals surface area contributed by atoms with Crippen LogP contribution in [0.4, 0.5) is 10.1 Å². The van der Waals surface area contributed by atoms with Gasteiger partial charge < -0.3 is 10.6 Å². The SMILES string of the molecule is O=C(NC1CCCCC1)c1ccccc1NC(=O)C1CCN(Cc2ccc(F)cc2)CC1. The number of hydrogen-bond acceptors (Lipinski definition) is 3. The summed E-state index contributed by atoms with van der Waals surface area (Å²) in [6.07, 6.45) is 7.13. The van der Waals surface area contributed by atoms with Gasteiger partial charge in [-0.1, -0.05) is 43.5 Å². The van der Waals surface area contributed by atoms with E-state index in [4.69, 9.17) is 0 Å². The maximum absolute atomic E-state index is 13.1. The fraction of sp³-hybridized carbons (Fsp3) is 0.462. The Morgan fingerprint density at radius 2 is 1.59 bits per heavy atom. The molecule has 0 aromatic heterocycles. The van der Waals surface area contributed by atoms with Crippen LogP contribution in [0.1, 0.15) is 60.9 Å². The second kappa shape index (κ2) is 10.7. The standard InChI is InChI=1S/C26H32FN3O2/c27-21-12-10-19(11-13-21)18-30-16-14-20(15-17-30)25(31)29-24-9-5-4-8-23(24)26(32)28-22-6-2-1-3-7-22/h4-5,8-13,20,22H,1-3,6-7,14-18H2,(H,28,32)(H,29,31). The molecule has 0 bridgehead atoms. The molecule has 0 radical (unpaired) electrons. The molecule has 1 saturated heterocycles. The quantitative estimate of drug-likeness (QED) is 0.686. The number of nitrogens with zero attached hydrogens (tertiary/aromatic N) is 1. The summed E-state index contributed by atoms with van der Waals surface area (Å²) in [5.74, 6) is -0.433. The lowest BCUT2D eigenvalue weighted by Crippen LogP contribution is -2.38. The molecule has 0 unspecified atom stereocenters. The van der Waals surface area contributed by atoms with E-state index < -0.39 is 0 Å². The van der Waals surface area contributed by atoms with Crippen molar-refractivity contribution in [2.75, 3.05) is 18.4 Å². The minimum atomic E-state index is -0.225. The van der Waals surface area contributed by atoms with E-state index in [-0.39, 0.29) is 29.6 Å². The Hall–Kier alpha value is -2.73. The number of nitrogens with one attached hydrogen (secondary N) is 2. The molecule has 2 amide bonds. The van der Waals surface area contributed by atoms with Crippen LogP contribution in [0.5, 0.6) is 0 Å². The lowest BCUT2D eigenvalue weighted by molar-refractivity contribution is -0.121. The Morgan fingerprint density at radius 3 is 2.31 bits per heavy atom. The summed E-state index contributed by atoms with van der Waals surface area (Å²) in [7, 11) is 0. The number of likely N-dealkylation sites (tertiary alicyclic amines) is 1. The minimum Gasteiger partial charge on any atom is -0.349 e. The molecule has 5 nitrogen and oxygen atoms in total. The van der Waals surface area contributed by atoms with Crippen LogP contribution in [0.25, 0.3) is 0 Å². The van der Waals surface area contributed by atoms with Crippen LogP contribution in [0, 0.1) is 11.7 Å². The number of benzene rings is 2. The summed E-state index contributed by atoms with van der Waals surface area (Å²) < 4.78 is 13.1. The van der Waals surface area contributed by atoms with Crippen molar-refractivity contribution >= 4 is 17.5 Å². The van der Waals surface area contributed by atoms with Gasteiger partial charge in [0.2, 0.25) is 5.91 Å². The van der Waals surface area contributed by atoms with Gasteiger partial charge in [0.15, 0.2) is 0 Å². The lowest BCUT2D eigenvalue weighted by Gasteiger charge is -2.31. The van der Waals surface area contributed by atoms with Crippen LogP contribution >= 0.6 is 0 Å². The predicted octanol–water partition coefficient (Wildman–Crippen LogP) is 4.74. The van der Waals surface area contributed by atoms with Crippen LogP contribution < -0.4 is 10.6 Å². The van der Waals surface area contributed by atoms with Gasteiger partial charge in [0.05, 0.1) is 11.3 Å². The first-order chi connectivity index (χ1) is 15.6. The number of amides is 2. The molecule has 2 fully saturated rings. The van der Waals surface area contributed by atoms with Crippen LogP contribution in [-0.4, -0.2) is 35.8 Å². The number of rotatable bonds is 6. The molecule has 1 aliphatic carbocycles. The van der Waals surface area contributed by atoms with Crippen molar-refractivity contribution < 1.29 is 14.0 Å². The molecule has 1 saturated carbocycles. The zero-order valence-electron chi connectivity index (χ0n) is 18.5. The second-order valence-corrected chi connectivity index (χ2v) is 9.02. The van der Waals surface area contributed by atoms with Crippen LogP contribution in [0.2, 0.25) is 0 Å². The monoisotopic (exact) mass is 437 g/mol. The summed E-state index contributed by atoms with van der Waals surface area (Å²) in [5.41, 5.74) is 2.19. The van der Waals surface area contributed by atoms with E-state index >= 15 is 0 Å². The third-order valence-corrected chi connectivity index (χ3v) is 6.65. The Labute approximate surface area is 189 Å². The molecule has 2 N–H and O–H groups in total. The Bertz CT molecular complexity index is 917. The Kier molecular flexibility index (Phi) is 7.53. The number of carbonyl (C=O) groups is 2. The molecular formula is C26H32FN3O2. The van der Waals surface area contributed by atoms with Gasteiger partial charge in [0, 0.05) is 18.5 Å². The molecule has 4 rings (SSSR count). The maximum Gasteiger partial charge on any atom is 0.253 e. The third kappa shape index (κ3) is 5.94. The fourth-order valence-electron chi connectivity index (χ4n) is 4.74. The summed E-state index contributed by atoms with van der Waals surface area (Å²) in [6, 6.07) is 14.1. The average Bonchev–Trinajstić information content (AvgIpc) is 2.82. The average molecular weight is 438 g/mol. The second-order valence-electron chi connectivity index (χ2n) is 9.02. The van der Waals surface area contributed by atoms with E-state index in [0.29, 0.717) is 11.3 Å². The maximum atomic E-state index is 13.1. The van der Waals surface area contributed by atoms with Crippen molar-refractivity contribution in [1.82, 2.24) is 10.2 Å². The van der Waals surface area contributed by atoms with Crippen molar-refractivity contribution in [3.05, 3.63) is 65.5 Å². The van der Waals surface area contributed by atoms with Crippen molar-refractivity contribution in [2.45, 2.75) is 57.5 Å². The van der Waals surface area contributed by atoms with Gasteiger partial charge >= 0.3 is 0 Å². The topological polar surface area (TPSA) is 61.4 Å². The normalized spacial score (nSPS) is 18.3. The minimum absolute atomic E-state index is 0.0238. The first-order valence-corrected chi connectivity index (χ1v) is 11.8. The van der Waals surface area contributed by atoms with Gasteiger partial charge in [0.1, 0.15) is 5.82 Å². The van der Waals surface area contributed by atoms with Gasteiger partial charge in [-0.3, -0.25) is 14.5 Å². The molecule has 170 valence electrons. The van der Waals surface area contributed by atoms with E-state index in [1.807, 2.05) is 24.3 Å². The first-order valence-electron chi connectivity index (χ1n) is 11.8. The highest BCUT2D eigenvalue weighted by molar-refractivity contribution is 6.04. The fourth-order valence-corrected chi connectivity index (χ4v) is 4.74. The highest BCUT2D eigenvalue weighted by Crippen LogP contribution is 2.24. The van der Waals surface area contributed by atoms with E-state index in [0.717, 1.165) is 63.7 Å². The van der Waals surface area contributed by atoms with E-state index in [2.05, 4.69) is 15.5 Å². The number of piperidine rings is 1. The largest absolute Gasteiger partial charge is 0.349 e. The molecule has 32 heavy (non-hydrogen) atoms. The van der Waals surface area contributed by atoms with Crippen molar-refractivity contribution in [2.24, 2.45) is 5.92 Å². The smallest absolute Gasteiger partial charge is 0.253 e. The molecule has 2 aliphatic rings. The summed E-state index contributed by atoms with van der Waals surface area (Å²) in [4.78, 5) is 28.1. The highest BCUT2D eigenvalue weighted by Gasteiger charge is 2.26. The van der Waals surface area contributed by atoms with Gasteiger partial charge in [-0.25, -0.2) is 4.39 Å². The van der Waals surface area contributed by atoms with E-state index in [1.54, 1.807) is 12.1 Å². The first kappa shape index (κ1) is 22.5. The number of para-hydroxylation sites is 1. The number of hydrogen-bond donors (Lipinski definition) is 2. The summed E-state index contributed by atoms with van der Waals surface area (Å²) in [6.45, 7) is 2.40. The van der Waals surface area contributed by atoms with E-state index in [9.17, 15) is 14.0 Å². The third-order valence-electron chi connectivity index (χ3n) is 6.65. The zero-order valence-corrected chi connectivity index (χ0v) is 18.5. The van der Waals surface area contributed by atoms with Gasteiger partial charge in [-0.05, 0) is 68.6 Å². The van der Waals surface area contributed by atoms with Gasteiger partial charge in [-0.2, -0.15) is 0 Å². The molecule has 2 aromatic carbocycles. The van der Waals surface area contributed by atoms with Crippen LogP contribution in [0.3, 0.4) is 0 Å². The predicted molar refractivity (Wildman–Crippen MR) is 124 cm³/mol. The molecule has 6 heteroatoms. The van der Waals surface area contributed by atoms with Crippen LogP contribution in [0.15, 0.2) is 48.5 Å². The highest BCUT2D eigenvalue weighted by atomic mass is 19.1. The molecule has 0 atom stereocenters. The van der Waals surface area contributed by atoms with Crippen molar-refractivity contribution in [3.8, 4) is 0 Å². The number of anilines is 1. The number of halogens is 1. The zero-order chi connectivity index (χ0) is 22.3. The molecule has 1 heterocycles. The Morgan fingerprint density at radius 1 is 0.906 bits per heavy atom. The number of carbonyl (C=O) groups excluding carboxylic acids is 2. The Balaban J connectivity index is 1.30. The van der Waals surface area contributed by atoms with Crippen molar-refractivity contribution in [3.63, 3.8) is 0 Å². The molecular weight excluding hydrogens is 405 g/mol. The molecule has 1 aliphatic heterocycles. The van der Waals surface area contributed by atoms with Crippen molar-refractivity contribution in [1.29, 1.82) is 0 Å². The molecule has 2 aromatic rings. The van der Waals surface area contributed by atoms with Gasteiger partial charge in [-0.15, -0.1) is 0 Å². The molecule has 0 spiro atoms. The van der Waals surface area contributed by atoms with Gasteiger partial charge in [0.25, 0.3) is 5.91 Å². The summed E-state index contributed by atoms with van der Waals surface area (Å²) >= 11 is 0. The van der Waals surface area contributed by atoms with Crippen LogP contribution in [-0.2, 0) is 11.3 Å². The van der Waals surface area contributed by atoms with E-state index in [1.165, 1.54) is 18.6 Å².